The minimum absolute atomic E-state index is 0.0650. The van der Waals surface area contributed by atoms with Gasteiger partial charge in [0.15, 0.2) is 0 Å². The number of aromatic nitrogens is 4. The number of nitrogens with zero attached hydrogens (tertiary/aromatic N) is 4. The van der Waals surface area contributed by atoms with Gasteiger partial charge in [-0.05, 0) is 44.9 Å². The van der Waals surface area contributed by atoms with Gasteiger partial charge in [0.1, 0.15) is 5.82 Å². The number of hydrogen-bond donors (Lipinski definition) is 2. The lowest BCUT2D eigenvalue weighted by Crippen LogP contribution is -2.32. The van der Waals surface area contributed by atoms with E-state index < -0.39 is 0 Å². The van der Waals surface area contributed by atoms with E-state index in [1.54, 1.807) is 18.3 Å². The predicted molar refractivity (Wildman–Crippen MR) is 108 cm³/mol. The smallest absolute Gasteiger partial charge is 0.251 e. The molecule has 0 atom stereocenters. The Balaban J connectivity index is 1.38. The van der Waals surface area contributed by atoms with Crippen LogP contribution in [0.1, 0.15) is 34.6 Å². The van der Waals surface area contributed by atoms with Crippen molar-refractivity contribution in [1.29, 1.82) is 0 Å². The topological polar surface area (TPSA) is 98.7 Å². The average Bonchev–Trinajstić information content (AvgIpc) is 3.38. The number of nitrogens with one attached hydrogen (secondary N) is 1. The SMILES string of the molecule is Cc1cc(C)n(CC2(CNC(=O)c3ccc(-c4cncc(N)n4)cc3)CC2)n1. The van der Waals surface area contributed by atoms with E-state index in [1.807, 2.05) is 19.1 Å². The highest BCUT2D eigenvalue weighted by molar-refractivity contribution is 5.94. The van der Waals surface area contributed by atoms with Crippen LogP contribution in [-0.2, 0) is 6.54 Å². The van der Waals surface area contributed by atoms with E-state index in [0.717, 1.165) is 36.3 Å². The number of nitrogen functional groups attached to an aromatic ring is 1. The molecule has 0 bridgehead atoms. The summed E-state index contributed by atoms with van der Waals surface area (Å²) >= 11 is 0. The highest BCUT2D eigenvalue weighted by atomic mass is 16.1. The Bertz CT molecular complexity index is 1000. The number of carbonyl (C=O) groups is 1. The standard InChI is InChI=1S/C21H24N6O/c1-14-9-15(2)27(26-14)13-21(7-8-21)12-24-20(28)17-5-3-16(4-6-17)18-10-23-11-19(22)25-18/h3-6,9-11H,7-8,12-13H2,1-2H3,(H2,22,25)(H,24,28). The number of aryl methyl sites for hydroxylation is 2. The molecule has 0 spiro atoms. The lowest BCUT2D eigenvalue weighted by atomic mass is 10.1. The molecule has 0 aliphatic heterocycles. The number of amides is 1. The molecule has 1 amide bonds. The van der Waals surface area contributed by atoms with Crippen molar-refractivity contribution in [2.75, 3.05) is 12.3 Å². The Morgan fingerprint density at radius 2 is 1.96 bits per heavy atom. The second-order valence-electron chi connectivity index (χ2n) is 7.67. The molecule has 1 aliphatic rings. The van der Waals surface area contributed by atoms with E-state index in [0.29, 0.717) is 23.6 Å². The van der Waals surface area contributed by atoms with Gasteiger partial charge in [-0.2, -0.15) is 5.10 Å². The van der Waals surface area contributed by atoms with Crippen LogP contribution in [0.3, 0.4) is 0 Å². The molecule has 1 saturated carbocycles. The third kappa shape index (κ3) is 3.88. The highest BCUT2D eigenvalue weighted by Gasteiger charge is 2.43. The summed E-state index contributed by atoms with van der Waals surface area (Å²) in [7, 11) is 0. The quantitative estimate of drug-likeness (QED) is 0.689. The zero-order valence-electron chi connectivity index (χ0n) is 16.1. The van der Waals surface area contributed by atoms with Crippen molar-refractivity contribution < 1.29 is 4.79 Å². The maximum Gasteiger partial charge on any atom is 0.251 e. The van der Waals surface area contributed by atoms with Crippen LogP contribution in [0.5, 0.6) is 0 Å². The molecule has 144 valence electrons. The van der Waals surface area contributed by atoms with Crippen molar-refractivity contribution in [3.8, 4) is 11.3 Å². The normalized spacial score (nSPS) is 14.6. The van der Waals surface area contributed by atoms with Gasteiger partial charge in [-0.1, -0.05) is 12.1 Å². The summed E-state index contributed by atoms with van der Waals surface area (Å²) < 4.78 is 2.05. The van der Waals surface area contributed by atoms with E-state index in [-0.39, 0.29) is 11.3 Å². The Morgan fingerprint density at radius 3 is 2.57 bits per heavy atom. The monoisotopic (exact) mass is 376 g/mol. The summed E-state index contributed by atoms with van der Waals surface area (Å²) in [6.45, 7) is 5.58. The summed E-state index contributed by atoms with van der Waals surface area (Å²) in [4.78, 5) is 20.9. The molecule has 3 aromatic rings. The molecule has 28 heavy (non-hydrogen) atoms. The first-order chi connectivity index (χ1) is 13.4. The summed E-state index contributed by atoms with van der Waals surface area (Å²) in [5.74, 6) is 0.307. The third-order valence-corrected chi connectivity index (χ3v) is 5.27. The minimum Gasteiger partial charge on any atom is -0.382 e. The van der Waals surface area contributed by atoms with Gasteiger partial charge in [-0.3, -0.25) is 14.5 Å². The molecule has 1 fully saturated rings. The van der Waals surface area contributed by atoms with Crippen LogP contribution in [-0.4, -0.2) is 32.2 Å². The third-order valence-electron chi connectivity index (χ3n) is 5.27. The predicted octanol–water partition coefficient (Wildman–Crippen LogP) is 2.75. The minimum atomic E-state index is -0.0650. The molecular weight excluding hydrogens is 352 g/mol. The van der Waals surface area contributed by atoms with E-state index in [9.17, 15) is 4.79 Å². The number of carbonyl (C=O) groups excluding carboxylic acids is 1. The Hall–Kier alpha value is -3.22. The van der Waals surface area contributed by atoms with Gasteiger partial charge in [-0.15, -0.1) is 0 Å². The summed E-state index contributed by atoms with van der Waals surface area (Å²) in [5.41, 5.74) is 10.2. The van der Waals surface area contributed by atoms with E-state index in [4.69, 9.17) is 5.73 Å². The van der Waals surface area contributed by atoms with E-state index >= 15 is 0 Å². The molecule has 2 heterocycles. The Morgan fingerprint density at radius 1 is 1.21 bits per heavy atom. The molecule has 0 radical (unpaired) electrons. The number of nitrogens with two attached hydrogens (primary N) is 1. The van der Waals surface area contributed by atoms with Crippen molar-refractivity contribution in [1.82, 2.24) is 25.1 Å². The fraction of sp³-hybridized carbons (Fsp3) is 0.333. The van der Waals surface area contributed by atoms with Crippen molar-refractivity contribution in [3.63, 3.8) is 0 Å². The lowest BCUT2D eigenvalue weighted by Gasteiger charge is -2.17. The first-order valence-electron chi connectivity index (χ1n) is 9.41. The maximum absolute atomic E-state index is 12.6. The molecule has 1 aromatic carbocycles. The fourth-order valence-corrected chi connectivity index (χ4v) is 3.40. The van der Waals surface area contributed by atoms with Gasteiger partial charge >= 0.3 is 0 Å². The van der Waals surface area contributed by atoms with Crippen LogP contribution < -0.4 is 11.1 Å². The van der Waals surface area contributed by atoms with Gasteiger partial charge in [0.2, 0.25) is 0 Å². The molecule has 3 N–H and O–H groups in total. The molecule has 0 unspecified atom stereocenters. The van der Waals surface area contributed by atoms with Crippen molar-refractivity contribution in [2.24, 2.45) is 5.41 Å². The van der Waals surface area contributed by atoms with Gasteiger partial charge < -0.3 is 11.1 Å². The molecule has 7 heteroatoms. The molecule has 4 rings (SSSR count). The van der Waals surface area contributed by atoms with Gasteiger partial charge in [-0.25, -0.2) is 4.98 Å². The first-order valence-corrected chi connectivity index (χ1v) is 9.41. The van der Waals surface area contributed by atoms with E-state index in [1.165, 1.54) is 6.20 Å². The van der Waals surface area contributed by atoms with E-state index in [2.05, 4.69) is 38.1 Å². The zero-order valence-corrected chi connectivity index (χ0v) is 16.1. The van der Waals surface area contributed by atoms with Crippen molar-refractivity contribution in [3.05, 3.63) is 59.7 Å². The Kier molecular flexibility index (Phi) is 4.58. The highest BCUT2D eigenvalue weighted by Crippen LogP contribution is 2.46. The van der Waals surface area contributed by atoms with Gasteiger partial charge in [0.25, 0.3) is 5.91 Å². The Labute approximate surface area is 164 Å². The second-order valence-corrected chi connectivity index (χ2v) is 7.67. The summed E-state index contributed by atoms with van der Waals surface area (Å²) in [6, 6.07) is 9.41. The average molecular weight is 376 g/mol. The van der Waals surface area contributed by atoms with Crippen molar-refractivity contribution in [2.45, 2.75) is 33.2 Å². The molecule has 2 aromatic heterocycles. The van der Waals surface area contributed by atoms with Gasteiger partial charge in [0, 0.05) is 35.3 Å². The molecule has 1 aliphatic carbocycles. The zero-order chi connectivity index (χ0) is 19.7. The number of anilines is 1. The lowest BCUT2D eigenvalue weighted by molar-refractivity contribution is 0.0942. The van der Waals surface area contributed by atoms with Gasteiger partial charge in [0.05, 0.1) is 23.8 Å². The number of rotatable bonds is 6. The van der Waals surface area contributed by atoms with Crippen LogP contribution in [0, 0.1) is 19.3 Å². The first kappa shape index (κ1) is 18.2. The maximum atomic E-state index is 12.6. The molecule has 7 nitrogen and oxygen atoms in total. The van der Waals surface area contributed by atoms with Crippen LogP contribution in [0.2, 0.25) is 0 Å². The fourth-order valence-electron chi connectivity index (χ4n) is 3.40. The van der Waals surface area contributed by atoms with Crippen LogP contribution in [0.25, 0.3) is 11.3 Å². The van der Waals surface area contributed by atoms with Crippen molar-refractivity contribution >= 4 is 11.7 Å². The summed E-state index contributed by atoms with van der Waals surface area (Å²) in [6.07, 6.45) is 5.38. The van der Waals surface area contributed by atoms with Crippen LogP contribution in [0.15, 0.2) is 42.7 Å². The summed E-state index contributed by atoms with van der Waals surface area (Å²) in [5, 5.41) is 7.64. The number of hydrogen-bond acceptors (Lipinski definition) is 5. The van der Waals surface area contributed by atoms with Crippen LogP contribution in [0.4, 0.5) is 5.82 Å². The van der Waals surface area contributed by atoms with Crippen LogP contribution >= 0.6 is 0 Å². The molecule has 0 saturated heterocycles. The molecular formula is C21H24N6O. The number of benzene rings is 1. The second kappa shape index (κ2) is 7.07. The largest absolute Gasteiger partial charge is 0.382 e.